The highest BCUT2D eigenvalue weighted by atomic mass is 19.4. The molecule has 452 valence electrons. The molecule has 0 aromatic carbocycles. The molecule has 77 heavy (non-hydrogen) atoms. The van der Waals surface area contributed by atoms with Crippen LogP contribution in [0.5, 0.6) is 0 Å². The fourth-order valence-electron chi connectivity index (χ4n) is 7.38. The van der Waals surface area contributed by atoms with E-state index in [0.29, 0.717) is 19.4 Å². The van der Waals surface area contributed by atoms with E-state index >= 15 is 0 Å². The average Bonchev–Trinajstić information content (AvgIpc) is 3.34. The molecule has 10 nitrogen and oxygen atoms in total. The minimum absolute atomic E-state index is 0.00231. The molecular formula is C49H71F18NO9. The third kappa shape index (κ3) is 24.7. The van der Waals surface area contributed by atoms with E-state index in [2.05, 4.69) is 36.1 Å². The third-order valence-electron chi connectivity index (χ3n) is 12.1. The number of hydrogen-bond donors (Lipinski definition) is 0. The summed E-state index contributed by atoms with van der Waals surface area (Å²) in [5.41, 5.74) is 0. The number of esters is 2. The van der Waals surface area contributed by atoms with Crippen molar-refractivity contribution >= 4 is 18.1 Å². The van der Waals surface area contributed by atoms with Crippen LogP contribution in [0.4, 0.5) is 83.8 Å². The second-order valence-electron chi connectivity index (χ2n) is 18.6. The zero-order chi connectivity index (χ0) is 58.6. The second kappa shape index (κ2) is 33.8. The molecule has 0 saturated carbocycles. The van der Waals surface area contributed by atoms with E-state index in [-0.39, 0.29) is 18.9 Å². The van der Waals surface area contributed by atoms with E-state index in [0.717, 1.165) is 70.9 Å². The van der Waals surface area contributed by atoms with Crippen LogP contribution in [0, 0.1) is 11.8 Å². The Morgan fingerprint density at radius 3 is 1.51 bits per heavy atom. The van der Waals surface area contributed by atoms with Gasteiger partial charge < -0.3 is 33.3 Å². The van der Waals surface area contributed by atoms with Crippen molar-refractivity contribution in [2.75, 3.05) is 59.3 Å². The summed E-state index contributed by atoms with van der Waals surface area (Å²) in [7, 11) is 0. The van der Waals surface area contributed by atoms with E-state index < -0.39 is 150 Å². The molecule has 1 aliphatic heterocycles. The molecular weight excluding hydrogens is 1090 g/mol. The molecule has 1 saturated heterocycles. The Balaban J connectivity index is 2.98. The predicted molar refractivity (Wildman–Crippen MR) is 242 cm³/mol. The number of allylic oxidation sites excluding steroid dienone is 4. The molecule has 0 aromatic rings. The van der Waals surface area contributed by atoms with Crippen molar-refractivity contribution in [2.45, 2.75) is 196 Å². The molecule has 0 aliphatic carbocycles. The second-order valence-corrected chi connectivity index (χ2v) is 18.6. The maximum atomic E-state index is 14.1. The van der Waals surface area contributed by atoms with Gasteiger partial charge >= 0.3 is 66.0 Å². The van der Waals surface area contributed by atoms with Gasteiger partial charge in [0, 0.05) is 51.4 Å². The van der Waals surface area contributed by atoms with Gasteiger partial charge in [-0.3, -0.25) is 9.59 Å². The first kappa shape index (κ1) is 71.3. The van der Waals surface area contributed by atoms with Gasteiger partial charge in [0.25, 0.3) is 0 Å². The number of carbonyl (C=O) groups excluding carboxylic acids is 3. The molecule has 1 aliphatic rings. The van der Waals surface area contributed by atoms with E-state index in [1.807, 2.05) is 6.92 Å². The van der Waals surface area contributed by atoms with Crippen LogP contribution in [0.1, 0.15) is 142 Å². The summed E-state index contributed by atoms with van der Waals surface area (Å²) in [5, 5.41) is 0. The molecule has 0 bridgehead atoms. The van der Waals surface area contributed by atoms with Crippen molar-refractivity contribution in [3.05, 3.63) is 24.3 Å². The SMILES string of the molecule is CCCCC/C=C\C/C=C\CCCCCCCC(=O)OCC(COC(=O)CCC(OCCCC(F)(F)C(F)(F)C(F)(F)C(F)(F)F)OCCCC(F)(F)C(F)(F)C(F)(F)C(F)(F)F)COC(=O)OCC1CCCN(CC)C1. The molecule has 0 amide bonds. The summed E-state index contributed by atoms with van der Waals surface area (Å²) < 4.78 is 271. The van der Waals surface area contributed by atoms with Crippen molar-refractivity contribution in [3.63, 3.8) is 0 Å². The lowest BCUT2D eigenvalue weighted by Gasteiger charge is -2.34. The third-order valence-corrected chi connectivity index (χ3v) is 12.1. The van der Waals surface area contributed by atoms with Gasteiger partial charge in [-0.2, -0.15) is 79.0 Å². The van der Waals surface area contributed by atoms with Crippen LogP contribution in [0.3, 0.4) is 0 Å². The van der Waals surface area contributed by atoms with Gasteiger partial charge in [0.15, 0.2) is 6.29 Å². The quantitative estimate of drug-likeness (QED) is 0.0147. The summed E-state index contributed by atoms with van der Waals surface area (Å²) in [6.07, 6.45) is -6.69. The smallest absolute Gasteiger partial charge is 0.465 e. The minimum atomic E-state index is -7.23. The van der Waals surface area contributed by atoms with E-state index in [4.69, 9.17) is 28.4 Å². The lowest BCUT2D eigenvalue weighted by atomic mass is 9.99. The Bertz CT molecular complexity index is 1690. The minimum Gasteiger partial charge on any atom is -0.465 e. The monoisotopic (exact) mass is 1160 g/mol. The van der Waals surface area contributed by atoms with Crippen LogP contribution in [-0.4, -0.2) is 136 Å². The van der Waals surface area contributed by atoms with E-state index in [1.54, 1.807) is 0 Å². The first-order chi connectivity index (χ1) is 35.7. The highest BCUT2D eigenvalue weighted by molar-refractivity contribution is 5.69. The number of piperidine rings is 1. The van der Waals surface area contributed by atoms with Gasteiger partial charge in [-0.15, -0.1) is 0 Å². The average molecular weight is 1160 g/mol. The van der Waals surface area contributed by atoms with Crippen molar-refractivity contribution in [3.8, 4) is 0 Å². The van der Waals surface area contributed by atoms with Crippen LogP contribution in [0.15, 0.2) is 24.3 Å². The molecule has 0 N–H and O–H groups in total. The highest BCUT2D eigenvalue weighted by Crippen LogP contribution is 2.55. The number of nitrogens with zero attached hydrogens (tertiary/aromatic N) is 1. The standard InChI is InChI=1S/C49H71F18NO9/c1-3-5-6-7-8-9-10-11-12-13-14-15-16-17-18-23-38(69)74-33-37(35-77-41(71)76-32-36-22-19-28-68(4-2)31-36)34-75-39(70)24-25-40(72-29-20-26-42(50,51)44(54,55)46(58,59)48(62,63)64)73-30-21-27-43(52,53)45(56,57)47(60,61)49(65,66)67/h8-9,11-12,36-37,40H,3-7,10,13-35H2,1-2H3/b9-8-,12-11-. The maximum absolute atomic E-state index is 14.1. The summed E-state index contributed by atoms with van der Waals surface area (Å²) in [4.78, 5) is 40.2. The number of halogens is 18. The highest BCUT2D eigenvalue weighted by Gasteiger charge is 2.82. The van der Waals surface area contributed by atoms with Crippen LogP contribution < -0.4 is 0 Å². The first-order valence-corrected chi connectivity index (χ1v) is 25.5. The first-order valence-electron chi connectivity index (χ1n) is 25.5. The number of alkyl halides is 18. The van der Waals surface area contributed by atoms with Gasteiger partial charge in [0.05, 0.1) is 18.9 Å². The normalized spacial score (nSPS) is 16.4. The Hall–Kier alpha value is -3.69. The summed E-state index contributed by atoms with van der Waals surface area (Å²) in [5.74, 6) is -43.6. The molecule has 0 aromatic heterocycles. The molecule has 1 fully saturated rings. The molecule has 0 spiro atoms. The van der Waals surface area contributed by atoms with Gasteiger partial charge in [-0.1, -0.05) is 70.3 Å². The molecule has 0 radical (unpaired) electrons. The summed E-state index contributed by atoms with van der Waals surface area (Å²) in [6, 6.07) is 0. The molecule has 28 heteroatoms. The van der Waals surface area contributed by atoms with Gasteiger partial charge in [-0.25, -0.2) is 4.79 Å². The van der Waals surface area contributed by atoms with Crippen LogP contribution in [0.2, 0.25) is 0 Å². The Kier molecular flexibility index (Phi) is 31.3. The Labute approximate surface area is 436 Å². The Morgan fingerprint density at radius 1 is 0.545 bits per heavy atom. The zero-order valence-corrected chi connectivity index (χ0v) is 43.0. The van der Waals surface area contributed by atoms with E-state index in [9.17, 15) is 93.4 Å². The van der Waals surface area contributed by atoms with Crippen LogP contribution >= 0.6 is 0 Å². The predicted octanol–water partition coefficient (Wildman–Crippen LogP) is 15.0. The largest absolute Gasteiger partial charge is 0.508 e. The fraction of sp³-hybridized carbons (Fsp3) is 0.857. The topological polar surface area (TPSA) is 110 Å². The lowest BCUT2D eigenvalue weighted by molar-refractivity contribution is -0.397. The number of likely N-dealkylation sites (tertiary alicyclic amines) is 1. The zero-order valence-electron chi connectivity index (χ0n) is 43.0. The van der Waals surface area contributed by atoms with E-state index in [1.165, 1.54) is 12.8 Å². The van der Waals surface area contributed by atoms with Crippen LogP contribution in [-0.2, 0) is 38.0 Å². The van der Waals surface area contributed by atoms with Crippen molar-refractivity contribution < 1.29 is 122 Å². The number of hydrogen-bond acceptors (Lipinski definition) is 10. The van der Waals surface area contributed by atoms with Gasteiger partial charge in [-0.05, 0) is 77.3 Å². The lowest BCUT2D eigenvalue weighted by Crippen LogP contribution is -2.60. The van der Waals surface area contributed by atoms with Crippen LogP contribution in [0.25, 0.3) is 0 Å². The Morgan fingerprint density at radius 2 is 1.01 bits per heavy atom. The van der Waals surface area contributed by atoms with Gasteiger partial charge in [0.1, 0.15) is 19.8 Å². The number of rotatable bonds is 40. The number of ether oxygens (including phenoxy) is 6. The maximum Gasteiger partial charge on any atom is 0.508 e. The van der Waals surface area contributed by atoms with Gasteiger partial charge in [0.2, 0.25) is 0 Å². The molecule has 2 atom stereocenters. The van der Waals surface area contributed by atoms with Crippen molar-refractivity contribution in [1.82, 2.24) is 4.90 Å². The summed E-state index contributed by atoms with van der Waals surface area (Å²) in [6.45, 7) is 2.09. The molecule has 2 unspecified atom stereocenters. The molecule has 1 rings (SSSR count). The fourth-order valence-corrected chi connectivity index (χ4v) is 7.38. The number of unbranched alkanes of at least 4 members (excludes halogenated alkanes) is 8. The molecule has 1 heterocycles. The van der Waals surface area contributed by atoms with Crippen molar-refractivity contribution in [2.24, 2.45) is 11.8 Å². The summed E-state index contributed by atoms with van der Waals surface area (Å²) >= 11 is 0. The van der Waals surface area contributed by atoms with Crippen molar-refractivity contribution in [1.29, 1.82) is 0 Å². The number of carbonyl (C=O) groups is 3.